The summed E-state index contributed by atoms with van der Waals surface area (Å²) in [6.45, 7) is 5.91. The van der Waals surface area contributed by atoms with Crippen molar-refractivity contribution in [3.05, 3.63) is 47.5 Å². The first-order valence-corrected chi connectivity index (χ1v) is 10.0. The van der Waals surface area contributed by atoms with Gasteiger partial charge in [-0.15, -0.1) is 0 Å². The molecule has 1 aromatic carbocycles. The van der Waals surface area contributed by atoms with Crippen LogP contribution in [0.5, 0.6) is 0 Å². The molecule has 1 unspecified atom stereocenters. The summed E-state index contributed by atoms with van der Waals surface area (Å²) in [6.07, 6.45) is 4.25. The molecule has 1 saturated heterocycles. The predicted molar refractivity (Wildman–Crippen MR) is 109 cm³/mol. The maximum Gasteiger partial charge on any atom is 0.329 e. The van der Waals surface area contributed by atoms with Gasteiger partial charge in [-0.2, -0.15) is 0 Å². The minimum Gasteiger partial charge on any atom is -0.347 e. The van der Waals surface area contributed by atoms with Gasteiger partial charge >= 0.3 is 6.03 Å². The minimum atomic E-state index is -0.928. The monoisotopic (exact) mass is 399 g/mol. The second kappa shape index (κ2) is 9.09. The molecule has 0 radical (unpaired) electrons. The number of amides is 4. The number of nitrogens with zero attached hydrogens (tertiary/aromatic N) is 1. The highest BCUT2D eigenvalue weighted by atomic mass is 16.2. The standard InChI is InChI=1S/C21H29N5O3/c1-13(2)18(24-21(29)25-22)20(28)26-12-6-11-17(26)19(27)23-16-10-5-8-14-7-3-4-9-15(14)16/h3-4,7,9,16-18H,1,5-6,8,10-12,22H2,2H3,(H,23,27)(H2,24,25,29)/t16-,17+,18?/m1/s1. The molecular weight excluding hydrogens is 370 g/mol. The van der Waals surface area contributed by atoms with E-state index >= 15 is 0 Å². The zero-order valence-corrected chi connectivity index (χ0v) is 16.7. The maximum absolute atomic E-state index is 13.1. The van der Waals surface area contributed by atoms with Crippen molar-refractivity contribution in [3.8, 4) is 0 Å². The Kier molecular flexibility index (Phi) is 6.53. The third kappa shape index (κ3) is 4.59. The molecule has 8 nitrogen and oxygen atoms in total. The summed E-state index contributed by atoms with van der Waals surface area (Å²) >= 11 is 0. The van der Waals surface area contributed by atoms with Crippen LogP contribution in [-0.2, 0) is 16.0 Å². The number of carbonyl (C=O) groups excluding carboxylic acids is 3. The van der Waals surface area contributed by atoms with Crippen LogP contribution in [0.25, 0.3) is 0 Å². The van der Waals surface area contributed by atoms with Gasteiger partial charge in [-0.25, -0.2) is 10.6 Å². The molecule has 1 heterocycles. The van der Waals surface area contributed by atoms with Crippen LogP contribution in [0.15, 0.2) is 36.4 Å². The van der Waals surface area contributed by atoms with Crippen LogP contribution in [0, 0.1) is 0 Å². The number of nitrogens with two attached hydrogens (primary N) is 1. The van der Waals surface area contributed by atoms with Crippen molar-refractivity contribution in [2.24, 2.45) is 5.84 Å². The molecule has 2 aliphatic rings. The molecule has 4 amide bonds. The molecule has 0 aromatic heterocycles. The fourth-order valence-electron chi connectivity index (χ4n) is 4.21. The second-order valence-electron chi connectivity index (χ2n) is 7.74. The topological polar surface area (TPSA) is 117 Å². The Hall–Kier alpha value is -2.87. The highest BCUT2D eigenvalue weighted by Gasteiger charge is 2.38. The van der Waals surface area contributed by atoms with Crippen molar-refractivity contribution in [1.82, 2.24) is 21.0 Å². The van der Waals surface area contributed by atoms with Crippen molar-refractivity contribution in [1.29, 1.82) is 0 Å². The normalized spacial score (nSPS) is 21.7. The van der Waals surface area contributed by atoms with Crippen LogP contribution >= 0.6 is 0 Å². The number of nitrogens with one attached hydrogen (secondary N) is 3. The lowest BCUT2D eigenvalue weighted by molar-refractivity contribution is -0.139. The van der Waals surface area contributed by atoms with Gasteiger partial charge in [0.1, 0.15) is 12.1 Å². The van der Waals surface area contributed by atoms with Crippen LogP contribution in [-0.4, -0.2) is 41.4 Å². The second-order valence-corrected chi connectivity index (χ2v) is 7.74. The van der Waals surface area contributed by atoms with E-state index < -0.39 is 18.1 Å². The Morgan fingerprint density at radius 3 is 2.69 bits per heavy atom. The molecule has 3 atom stereocenters. The number of hydrogen-bond acceptors (Lipinski definition) is 4. The SMILES string of the molecule is C=C(C)C(NC(=O)NN)C(=O)N1CCC[C@H]1C(=O)N[C@@H]1CCCc2ccccc21. The van der Waals surface area contributed by atoms with E-state index in [1.165, 1.54) is 5.56 Å². The van der Waals surface area contributed by atoms with E-state index in [1.54, 1.807) is 11.8 Å². The van der Waals surface area contributed by atoms with Crippen molar-refractivity contribution in [2.75, 3.05) is 6.54 Å². The fourth-order valence-corrected chi connectivity index (χ4v) is 4.21. The Morgan fingerprint density at radius 1 is 1.21 bits per heavy atom. The van der Waals surface area contributed by atoms with Crippen molar-refractivity contribution in [2.45, 2.75) is 57.2 Å². The van der Waals surface area contributed by atoms with Gasteiger partial charge in [0.25, 0.3) is 0 Å². The van der Waals surface area contributed by atoms with E-state index in [0.717, 1.165) is 31.2 Å². The van der Waals surface area contributed by atoms with Gasteiger partial charge in [0.15, 0.2) is 0 Å². The number of fused-ring (bicyclic) bond motifs is 1. The number of benzene rings is 1. The lowest BCUT2D eigenvalue weighted by Gasteiger charge is -2.31. The Labute approximate surface area is 170 Å². The van der Waals surface area contributed by atoms with Crippen LogP contribution in [0.2, 0.25) is 0 Å². The molecule has 1 aromatic rings. The zero-order valence-electron chi connectivity index (χ0n) is 16.7. The zero-order chi connectivity index (χ0) is 21.0. The van der Waals surface area contributed by atoms with Crippen molar-refractivity contribution >= 4 is 17.8 Å². The molecule has 1 fully saturated rings. The van der Waals surface area contributed by atoms with Crippen molar-refractivity contribution in [3.63, 3.8) is 0 Å². The van der Waals surface area contributed by atoms with E-state index in [1.807, 2.05) is 17.6 Å². The molecule has 5 N–H and O–H groups in total. The Balaban J connectivity index is 1.71. The average molecular weight is 399 g/mol. The predicted octanol–water partition coefficient (Wildman–Crippen LogP) is 1.29. The van der Waals surface area contributed by atoms with Gasteiger partial charge < -0.3 is 15.5 Å². The summed E-state index contributed by atoms with van der Waals surface area (Å²) in [5.41, 5.74) is 4.85. The number of hydrazine groups is 1. The number of urea groups is 1. The minimum absolute atomic E-state index is 0.0388. The van der Waals surface area contributed by atoms with Gasteiger partial charge in [0.2, 0.25) is 11.8 Å². The highest BCUT2D eigenvalue weighted by Crippen LogP contribution is 2.30. The quantitative estimate of drug-likeness (QED) is 0.258. The van der Waals surface area contributed by atoms with Gasteiger partial charge in [-0.1, -0.05) is 30.8 Å². The van der Waals surface area contributed by atoms with Crippen LogP contribution in [0.1, 0.15) is 49.8 Å². The number of likely N-dealkylation sites (tertiary alicyclic amines) is 1. The smallest absolute Gasteiger partial charge is 0.329 e. The van der Waals surface area contributed by atoms with Gasteiger partial charge in [-0.05, 0) is 55.7 Å². The van der Waals surface area contributed by atoms with Crippen LogP contribution < -0.4 is 21.9 Å². The lowest BCUT2D eigenvalue weighted by Crippen LogP contribution is -2.56. The molecule has 29 heavy (non-hydrogen) atoms. The third-order valence-electron chi connectivity index (χ3n) is 5.67. The average Bonchev–Trinajstić information content (AvgIpc) is 3.21. The Bertz CT molecular complexity index is 809. The largest absolute Gasteiger partial charge is 0.347 e. The lowest BCUT2D eigenvalue weighted by atomic mass is 9.87. The summed E-state index contributed by atoms with van der Waals surface area (Å²) in [6, 6.07) is 5.97. The highest BCUT2D eigenvalue weighted by molar-refractivity contribution is 5.94. The first-order chi connectivity index (χ1) is 13.9. The number of hydrogen-bond donors (Lipinski definition) is 4. The summed E-state index contributed by atoms with van der Waals surface area (Å²) in [7, 11) is 0. The molecule has 0 bridgehead atoms. The fraction of sp³-hybridized carbons (Fsp3) is 0.476. The first kappa shape index (κ1) is 20.9. The first-order valence-electron chi connectivity index (χ1n) is 10.0. The number of aryl methyl sites for hydroxylation is 1. The summed E-state index contributed by atoms with van der Waals surface area (Å²) in [5.74, 6) is 4.62. The van der Waals surface area contributed by atoms with E-state index in [0.29, 0.717) is 18.5 Å². The summed E-state index contributed by atoms with van der Waals surface area (Å²) in [5, 5.41) is 5.65. The van der Waals surface area contributed by atoms with E-state index in [-0.39, 0.29) is 17.9 Å². The van der Waals surface area contributed by atoms with Gasteiger partial charge in [0, 0.05) is 6.54 Å². The molecule has 8 heteroatoms. The van der Waals surface area contributed by atoms with E-state index in [4.69, 9.17) is 5.84 Å². The van der Waals surface area contributed by atoms with Gasteiger partial charge in [0.05, 0.1) is 6.04 Å². The number of rotatable bonds is 5. The molecule has 1 aliphatic carbocycles. The Morgan fingerprint density at radius 2 is 1.97 bits per heavy atom. The summed E-state index contributed by atoms with van der Waals surface area (Å²) < 4.78 is 0. The van der Waals surface area contributed by atoms with E-state index in [9.17, 15) is 14.4 Å². The van der Waals surface area contributed by atoms with Crippen molar-refractivity contribution < 1.29 is 14.4 Å². The van der Waals surface area contributed by atoms with Crippen LogP contribution in [0.4, 0.5) is 4.79 Å². The van der Waals surface area contributed by atoms with Crippen LogP contribution in [0.3, 0.4) is 0 Å². The summed E-state index contributed by atoms with van der Waals surface area (Å²) in [4.78, 5) is 39.3. The molecule has 156 valence electrons. The molecule has 3 rings (SSSR count). The third-order valence-corrected chi connectivity index (χ3v) is 5.67. The molecule has 0 spiro atoms. The van der Waals surface area contributed by atoms with Gasteiger partial charge in [-0.3, -0.25) is 15.0 Å². The van der Waals surface area contributed by atoms with E-state index in [2.05, 4.69) is 29.3 Å². The molecule has 1 aliphatic heterocycles. The number of carbonyl (C=O) groups is 3. The molecular formula is C21H29N5O3. The maximum atomic E-state index is 13.1. The molecule has 0 saturated carbocycles.